The number of carbonyl (C=O) groups excluding carboxylic acids is 1. The second kappa shape index (κ2) is 2.64. The molecule has 0 spiro atoms. The lowest BCUT2D eigenvalue weighted by Crippen LogP contribution is -2.31. The lowest BCUT2D eigenvalue weighted by atomic mass is 10.3. The zero-order valence-electron chi connectivity index (χ0n) is 5.17. The van der Waals surface area contributed by atoms with Crippen molar-refractivity contribution < 1.29 is 9.63 Å². The molecule has 0 aromatic rings. The van der Waals surface area contributed by atoms with Crippen molar-refractivity contribution in [3.63, 3.8) is 0 Å². The van der Waals surface area contributed by atoms with Crippen molar-refractivity contribution in [2.45, 2.75) is 6.42 Å². The van der Waals surface area contributed by atoms with Crippen LogP contribution in [0.1, 0.15) is 6.42 Å². The summed E-state index contributed by atoms with van der Waals surface area (Å²) >= 11 is 0. The Labute approximate surface area is 53.9 Å². The van der Waals surface area contributed by atoms with E-state index in [1.807, 2.05) is 0 Å². The summed E-state index contributed by atoms with van der Waals surface area (Å²) in [6.07, 6.45) is 2.04. The average molecular weight is 127 g/mol. The van der Waals surface area contributed by atoms with Gasteiger partial charge in [0.25, 0.3) is 0 Å². The van der Waals surface area contributed by atoms with E-state index >= 15 is 0 Å². The molecule has 0 unspecified atom stereocenters. The van der Waals surface area contributed by atoms with E-state index in [0.29, 0.717) is 19.6 Å². The molecule has 0 amide bonds. The van der Waals surface area contributed by atoms with Gasteiger partial charge in [0.2, 0.25) is 0 Å². The summed E-state index contributed by atoms with van der Waals surface area (Å²) in [5.74, 6) is 0.209. The third-order valence-electron chi connectivity index (χ3n) is 1.17. The topological polar surface area (TPSA) is 29.5 Å². The Morgan fingerprint density at radius 2 is 2.56 bits per heavy atom. The molecule has 0 radical (unpaired) electrons. The minimum atomic E-state index is 0.209. The summed E-state index contributed by atoms with van der Waals surface area (Å²) in [4.78, 5) is 15.7. The molecule has 3 heteroatoms. The fourth-order valence-corrected chi connectivity index (χ4v) is 0.693. The van der Waals surface area contributed by atoms with Crippen molar-refractivity contribution in [3.8, 4) is 0 Å². The number of rotatable bonds is 1. The van der Waals surface area contributed by atoms with E-state index in [9.17, 15) is 4.79 Å². The van der Waals surface area contributed by atoms with Crippen molar-refractivity contribution in [2.24, 2.45) is 0 Å². The van der Waals surface area contributed by atoms with E-state index in [1.54, 1.807) is 0 Å². The van der Waals surface area contributed by atoms with Gasteiger partial charge in [-0.3, -0.25) is 14.7 Å². The normalized spacial score (nSPS) is 20.0. The van der Waals surface area contributed by atoms with E-state index in [4.69, 9.17) is 4.84 Å². The lowest BCUT2D eigenvalue weighted by Gasteiger charge is -2.22. The summed E-state index contributed by atoms with van der Waals surface area (Å²) < 4.78 is 0. The summed E-state index contributed by atoms with van der Waals surface area (Å²) in [6, 6.07) is 0. The summed E-state index contributed by atoms with van der Waals surface area (Å²) in [5.41, 5.74) is 0. The van der Waals surface area contributed by atoms with E-state index in [1.165, 1.54) is 11.3 Å². The van der Waals surface area contributed by atoms with Gasteiger partial charge in [-0.1, -0.05) is 6.58 Å². The molecule has 9 heavy (non-hydrogen) atoms. The van der Waals surface area contributed by atoms with Crippen molar-refractivity contribution in [2.75, 3.05) is 13.2 Å². The quantitative estimate of drug-likeness (QED) is 0.508. The van der Waals surface area contributed by atoms with Gasteiger partial charge in [0.05, 0.1) is 6.61 Å². The molecule has 0 bridgehead atoms. The summed E-state index contributed by atoms with van der Waals surface area (Å²) in [5, 5.41) is 1.45. The minimum Gasteiger partial charge on any atom is -0.298 e. The van der Waals surface area contributed by atoms with Gasteiger partial charge in [-0.05, 0) is 0 Å². The number of carbonyl (C=O) groups is 1. The van der Waals surface area contributed by atoms with Crippen molar-refractivity contribution in [1.29, 1.82) is 0 Å². The Kier molecular flexibility index (Phi) is 1.85. The number of hydrogen-bond acceptors (Lipinski definition) is 3. The maximum atomic E-state index is 10.7. The van der Waals surface area contributed by atoms with Crippen molar-refractivity contribution >= 4 is 5.78 Å². The van der Waals surface area contributed by atoms with E-state index < -0.39 is 0 Å². The van der Waals surface area contributed by atoms with Gasteiger partial charge in [0, 0.05) is 12.6 Å². The van der Waals surface area contributed by atoms with Crippen LogP contribution in [0.2, 0.25) is 0 Å². The fraction of sp³-hybridized carbons (Fsp3) is 0.500. The Bertz CT molecular complexity index is 133. The van der Waals surface area contributed by atoms with E-state index in [-0.39, 0.29) is 5.78 Å². The SMILES string of the molecule is C=CN1CC(=O)CCO1. The monoisotopic (exact) mass is 127 g/mol. The predicted molar refractivity (Wildman–Crippen MR) is 32.5 cm³/mol. The predicted octanol–water partition coefficient (Wildman–Crippen LogP) is 0.336. The third kappa shape index (κ3) is 1.54. The molecule has 0 N–H and O–H groups in total. The molecular formula is C6H9NO2. The van der Waals surface area contributed by atoms with Gasteiger partial charge in [-0.25, -0.2) is 0 Å². The highest BCUT2D eigenvalue weighted by Crippen LogP contribution is 2.01. The van der Waals surface area contributed by atoms with Crippen LogP contribution in [0.15, 0.2) is 12.8 Å². The lowest BCUT2D eigenvalue weighted by molar-refractivity contribution is -0.162. The number of hydrogen-bond donors (Lipinski definition) is 0. The second-order valence-electron chi connectivity index (χ2n) is 1.88. The second-order valence-corrected chi connectivity index (χ2v) is 1.88. The molecule has 0 aromatic carbocycles. The van der Waals surface area contributed by atoms with E-state index in [0.717, 1.165) is 0 Å². The molecule has 1 rings (SSSR count). The van der Waals surface area contributed by atoms with Crippen molar-refractivity contribution in [3.05, 3.63) is 12.8 Å². The van der Waals surface area contributed by atoms with Gasteiger partial charge in [0.1, 0.15) is 6.54 Å². The Morgan fingerprint density at radius 3 is 3.00 bits per heavy atom. The van der Waals surface area contributed by atoms with Crippen LogP contribution in [-0.4, -0.2) is 24.0 Å². The average Bonchev–Trinajstić information content (AvgIpc) is 1.88. The standard InChI is InChI=1S/C6H9NO2/c1-2-7-5-6(8)3-4-9-7/h2H,1,3-5H2. The number of ketones is 1. The van der Waals surface area contributed by atoms with Gasteiger partial charge >= 0.3 is 0 Å². The number of nitrogens with zero attached hydrogens (tertiary/aromatic N) is 1. The molecular weight excluding hydrogens is 118 g/mol. The molecule has 0 saturated carbocycles. The first-order chi connectivity index (χ1) is 4.33. The van der Waals surface area contributed by atoms with Crippen LogP contribution in [0, 0.1) is 0 Å². The van der Waals surface area contributed by atoms with Crippen LogP contribution >= 0.6 is 0 Å². The van der Waals surface area contributed by atoms with E-state index in [2.05, 4.69) is 6.58 Å². The van der Waals surface area contributed by atoms with Crippen LogP contribution in [0.3, 0.4) is 0 Å². The van der Waals surface area contributed by atoms with Crippen LogP contribution in [-0.2, 0) is 9.63 Å². The molecule has 0 aromatic heterocycles. The Hall–Kier alpha value is -0.830. The smallest absolute Gasteiger partial charge is 0.157 e. The van der Waals surface area contributed by atoms with Crippen molar-refractivity contribution in [1.82, 2.24) is 5.06 Å². The zero-order chi connectivity index (χ0) is 6.69. The van der Waals surface area contributed by atoms with Crippen LogP contribution in [0.25, 0.3) is 0 Å². The van der Waals surface area contributed by atoms with Gasteiger partial charge in [0.15, 0.2) is 5.78 Å². The molecule has 1 saturated heterocycles. The molecule has 50 valence electrons. The van der Waals surface area contributed by atoms with Gasteiger partial charge in [-0.2, -0.15) is 0 Å². The van der Waals surface area contributed by atoms with Gasteiger partial charge in [-0.15, -0.1) is 0 Å². The summed E-state index contributed by atoms with van der Waals surface area (Å²) in [7, 11) is 0. The largest absolute Gasteiger partial charge is 0.298 e. The molecule has 1 fully saturated rings. The first-order valence-electron chi connectivity index (χ1n) is 2.87. The molecule has 0 atom stereocenters. The highest BCUT2D eigenvalue weighted by atomic mass is 16.7. The highest BCUT2D eigenvalue weighted by molar-refractivity contribution is 5.80. The van der Waals surface area contributed by atoms with Crippen LogP contribution in [0.4, 0.5) is 0 Å². The van der Waals surface area contributed by atoms with Crippen LogP contribution in [0.5, 0.6) is 0 Å². The first kappa shape index (κ1) is 6.29. The third-order valence-corrected chi connectivity index (χ3v) is 1.17. The number of hydroxylamine groups is 2. The zero-order valence-corrected chi connectivity index (χ0v) is 5.17. The summed E-state index contributed by atoms with van der Waals surface area (Å²) in [6.45, 7) is 4.31. The fourth-order valence-electron chi connectivity index (χ4n) is 0.693. The van der Waals surface area contributed by atoms with Gasteiger partial charge < -0.3 is 0 Å². The molecule has 3 nitrogen and oxygen atoms in total. The highest BCUT2D eigenvalue weighted by Gasteiger charge is 2.13. The molecule has 1 heterocycles. The first-order valence-corrected chi connectivity index (χ1v) is 2.87. The van der Waals surface area contributed by atoms with Crippen LogP contribution < -0.4 is 0 Å². The minimum absolute atomic E-state index is 0.209. The number of Topliss-reactive ketones (excluding diaryl/α,β-unsaturated/α-hetero) is 1. The molecule has 1 aliphatic heterocycles. The Morgan fingerprint density at radius 1 is 1.78 bits per heavy atom. The molecule has 1 aliphatic rings. The Balaban J connectivity index is 2.40. The molecule has 0 aliphatic carbocycles. The maximum absolute atomic E-state index is 10.7. The maximum Gasteiger partial charge on any atom is 0.157 e.